The molecule has 1 saturated heterocycles. The fourth-order valence-corrected chi connectivity index (χ4v) is 3.95. The van der Waals surface area contributed by atoms with E-state index in [1.807, 2.05) is 6.07 Å². The molecule has 24 heavy (non-hydrogen) atoms. The number of nitrogens with zero attached hydrogens (tertiary/aromatic N) is 1. The summed E-state index contributed by atoms with van der Waals surface area (Å²) in [7, 11) is 0. The van der Waals surface area contributed by atoms with Crippen molar-refractivity contribution in [3.63, 3.8) is 0 Å². The molecule has 0 amide bonds. The number of fused-ring (bicyclic) bond motifs is 1. The van der Waals surface area contributed by atoms with E-state index < -0.39 is 0 Å². The molecule has 3 aromatic carbocycles. The number of hydrogen-bond donors (Lipinski definition) is 1. The Kier molecular flexibility index (Phi) is 4.33. The molecule has 3 aromatic rings. The summed E-state index contributed by atoms with van der Waals surface area (Å²) in [6, 6.07) is 25.6. The van der Waals surface area contributed by atoms with Crippen LogP contribution >= 0.6 is 0 Å². The van der Waals surface area contributed by atoms with Crippen molar-refractivity contribution in [2.45, 2.75) is 31.5 Å². The van der Waals surface area contributed by atoms with Gasteiger partial charge in [0.15, 0.2) is 0 Å². The Morgan fingerprint density at radius 3 is 2.50 bits per heavy atom. The normalized spacial score (nSPS) is 21.9. The van der Waals surface area contributed by atoms with Crippen molar-refractivity contribution in [3.8, 4) is 0 Å². The standard InChI is InChI=1S/C22H23NO/c24-21-14-7-15-23(22(21)18-9-2-1-3-10-18)16-19-12-6-11-17-8-4-5-13-20(17)19/h1-6,8-13,21-22,24H,7,14-16H2. The van der Waals surface area contributed by atoms with Crippen molar-refractivity contribution in [2.75, 3.05) is 6.54 Å². The minimum absolute atomic E-state index is 0.0823. The molecule has 1 aliphatic heterocycles. The molecular formula is C22H23NO. The lowest BCUT2D eigenvalue weighted by Crippen LogP contribution is -2.41. The number of aliphatic hydroxyl groups excluding tert-OH is 1. The number of likely N-dealkylation sites (tertiary alicyclic amines) is 1. The van der Waals surface area contributed by atoms with Gasteiger partial charge in [0.1, 0.15) is 0 Å². The lowest BCUT2D eigenvalue weighted by atomic mass is 9.91. The molecule has 2 heteroatoms. The minimum atomic E-state index is -0.295. The van der Waals surface area contributed by atoms with Crippen LogP contribution in [0.2, 0.25) is 0 Å². The van der Waals surface area contributed by atoms with E-state index in [1.165, 1.54) is 21.9 Å². The van der Waals surface area contributed by atoms with E-state index >= 15 is 0 Å². The van der Waals surface area contributed by atoms with Gasteiger partial charge in [-0.25, -0.2) is 0 Å². The van der Waals surface area contributed by atoms with Crippen LogP contribution in [0.25, 0.3) is 10.8 Å². The van der Waals surface area contributed by atoms with Gasteiger partial charge in [0.2, 0.25) is 0 Å². The van der Waals surface area contributed by atoms with Crippen molar-refractivity contribution >= 4 is 10.8 Å². The van der Waals surface area contributed by atoms with Crippen LogP contribution in [0.1, 0.15) is 30.0 Å². The summed E-state index contributed by atoms with van der Waals surface area (Å²) in [6.45, 7) is 1.90. The lowest BCUT2D eigenvalue weighted by molar-refractivity contribution is 0.00541. The van der Waals surface area contributed by atoms with Crippen LogP contribution in [-0.4, -0.2) is 22.7 Å². The Labute approximate surface area is 143 Å². The van der Waals surface area contributed by atoms with Gasteiger partial charge in [-0.15, -0.1) is 0 Å². The van der Waals surface area contributed by atoms with E-state index in [1.54, 1.807) is 0 Å². The molecule has 4 rings (SSSR count). The molecule has 1 aliphatic rings. The van der Waals surface area contributed by atoms with Gasteiger partial charge >= 0.3 is 0 Å². The van der Waals surface area contributed by atoms with Crippen LogP contribution in [0, 0.1) is 0 Å². The van der Waals surface area contributed by atoms with E-state index in [4.69, 9.17) is 0 Å². The molecule has 122 valence electrons. The molecule has 1 heterocycles. The van der Waals surface area contributed by atoms with Gasteiger partial charge in [0.05, 0.1) is 12.1 Å². The zero-order valence-electron chi connectivity index (χ0n) is 13.8. The van der Waals surface area contributed by atoms with Crippen LogP contribution in [0.3, 0.4) is 0 Å². The predicted molar refractivity (Wildman–Crippen MR) is 98.8 cm³/mol. The van der Waals surface area contributed by atoms with Gasteiger partial charge in [-0.1, -0.05) is 72.8 Å². The summed E-state index contributed by atoms with van der Waals surface area (Å²) >= 11 is 0. The summed E-state index contributed by atoms with van der Waals surface area (Å²) in [4.78, 5) is 2.44. The quantitative estimate of drug-likeness (QED) is 0.767. The highest BCUT2D eigenvalue weighted by molar-refractivity contribution is 5.85. The summed E-state index contributed by atoms with van der Waals surface area (Å²) in [5.41, 5.74) is 2.55. The third kappa shape index (κ3) is 2.95. The van der Waals surface area contributed by atoms with Crippen molar-refractivity contribution in [1.82, 2.24) is 4.90 Å². The van der Waals surface area contributed by atoms with E-state index in [0.717, 1.165) is 25.9 Å². The molecule has 0 aromatic heterocycles. The van der Waals surface area contributed by atoms with Crippen molar-refractivity contribution < 1.29 is 5.11 Å². The van der Waals surface area contributed by atoms with Crippen LogP contribution < -0.4 is 0 Å². The monoisotopic (exact) mass is 317 g/mol. The molecule has 0 saturated carbocycles. The highest BCUT2D eigenvalue weighted by Crippen LogP contribution is 2.33. The van der Waals surface area contributed by atoms with Crippen LogP contribution in [0.5, 0.6) is 0 Å². The molecule has 0 spiro atoms. The van der Waals surface area contributed by atoms with Crippen molar-refractivity contribution in [2.24, 2.45) is 0 Å². The molecular weight excluding hydrogens is 294 g/mol. The average molecular weight is 317 g/mol. The first kappa shape index (κ1) is 15.4. The van der Waals surface area contributed by atoms with E-state index in [0.29, 0.717) is 0 Å². The zero-order valence-corrected chi connectivity index (χ0v) is 13.8. The number of aliphatic hydroxyl groups is 1. The average Bonchev–Trinajstić information content (AvgIpc) is 2.63. The van der Waals surface area contributed by atoms with Crippen LogP contribution in [0.4, 0.5) is 0 Å². The topological polar surface area (TPSA) is 23.5 Å². The fourth-order valence-electron chi connectivity index (χ4n) is 3.95. The zero-order chi connectivity index (χ0) is 16.4. The Bertz CT molecular complexity index is 809. The van der Waals surface area contributed by atoms with E-state index in [2.05, 4.69) is 71.6 Å². The highest BCUT2D eigenvalue weighted by atomic mass is 16.3. The molecule has 1 fully saturated rings. The van der Waals surface area contributed by atoms with Crippen molar-refractivity contribution in [1.29, 1.82) is 0 Å². The fraction of sp³-hybridized carbons (Fsp3) is 0.273. The Hall–Kier alpha value is -2.16. The molecule has 2 nitrogen and oxygen atoms in total. The van der Waals surface area contributed by atoms with Crippen LogP contribution in [-0.2, 0) is 6.54 Å². The third-order valence-corrected chi connectivity index (χ3v) is 5.10. The largest absolute Gasteiger partial charge is 0.391 e. The van der Waals surface area contributed by atoms with Gasteiger partial charge < -0.3 is 5.11 Å². The number of rotatable bonds is 3. The Balaban J connectivity index is 1.68. The molecule has 2 atom stereocenters. The van der Waals surface area contributed by atoms with Gasteiger partial charge in [-0.2, -0.15) is 0 Å². The molecule has 0 bridgehead atoms. The summed E-state index contributed by atoms with van der Waals surface area (Å²) in [5.74, 6) is 0. The third-order valence-electron chi connectivity index (χ3n) is 5.10. The van der Waals surface area contributed by atoms with Gasteiger partial charge in [-0.3, -0.25) is 4.90 Å². The second kappa shape index (κ2) is 6.76. The maximum Gasteiger partial charge on any atom is 0.0737 e. The number of hydrogen-bond acceptors (Lipinski definition) is 2. The van der Waals surface area contributed by atoms with Crippen LogP contribution in [0.15, 0.2) is 72.8 Å². The molecule has 0 radical (unpaired) electrons. The SMILES string of the molecule is OC1CCCN(Cc2cccc3ccccc23)C1c1ccccc1. The van der Waals surface area contributed by atoms with E-state index in [9.17, 15) is 5.11 Å². The second-order valence-electron chi connectivity index (χ2n) is 6.67. The molecule has 1 N–H and O–H groups in total. The highest BCUT2D eigenvalue weighted by Gasteiger charge is 2.31. The minimum Gasteiger partial charge on any atom is -0.391 e. The van der Waals surface area contributed by atoms with Gasteiger partial charge in [-0.05, 0) is 41.3 Å². The summed E-state index contributed by atoms with van der Waals surface area (Å²) in [5, 5.41) is 13.2. The van der Waals surface area contributed by atoms with Gasteiger partial charge in [0, 0.05) is 6.54 Å². The predicted octanol–water partition coefficient (Wildman–Crippen LogP) is 4.54. The molecule has 0 aliphatic carbocycles. The summed E-state index contributed by atoms with van der Waals surface area (Å²) < 4.78 is 0. The Morgan fingerprint density at radius 1 is 0.875 bits per heavy atom. The first-order chi connectivity index (χ1) is 11.8. The smallest absolute Gasteiger partial charge is 0.0737 e. The first-order valence-corrected chi connectivity index (χ1v) is 8.76. The Morgan fingerprint density at radius 2 is 1.62 bits per heavy atom. The number of piperidine rings is 1. The lowest BCUT2D eigenvalue weighted by Gasteiger charge is -2.39. The van der Waals surface area contributed by atoms with E-state index in [-0.39, 0.29) is 12.1 Å². The number of benzene rings is 3. The van der Waals surface area contributed by atoms with Gasteiger partial charge in [0.25, 0.3) is 0 Å². The van der Waals surface area contributed by atoms with Crippen molar-refractivity contribution in [3.05, 3.63) is 83.9 Å². The maximum absolute atomic E-state index is 10.6. The summed E-state index contributed by atoms with van der Waals surface area (Å²) in [6.07, 6.45) is 1.64. The first-order valence-electron chi connectivity index (χ1n) is 8.76. The second-order valence-corrected chi connectivity index (χ2v) is 6.67. The maximum atomic E-state index is 10.6. The molecule has 2 unspecified atom stereocenters.